The van der Waals surface area contributed by atoms with E-state index in [-0.39, 0.29) is 0 Å². The zero-order chi connectivity index (χ0) is 12.9. The molecule has 0 aliphatic rings. The van der Waals surface area contributed by atoms with E-state index in [1.807, 2.05) is 18.7 Å². The number of nitrogens with zero attached hydrogens (tertiary/aromatic N) is 2. The van der Waals surface area contributed by atoms with Crippen molar-refractivity contribution in [2.75, 3.05) is 17.6 Å². The molecule has 3 nitrogen and oxygen atoms in total. The molecule has 1 heterocycles. The zero-order valence-electron chi connectivity index (χ0n) is 10.9. The lowest BCUT2D eigenvalue weighted by Gasteiger charge is -2.17. The summed E-state index contributed by atoms with van der Waals surface area (Å²) in [6.45, 7) is 9.54. The Hall–Kier alpha value is -0.480. The number of anilines is 1. The molecule has 5 heteroatoms. The van der Waals surface area contributed by atoms with Crippen LogP contribution in [0.5, 0.6) is 0 Å². The first-order chi connectivity index (χ1) is 7.94. The van der Waals surface area contributed by atoms with Crippen molar-refractivity contribution in [2.45, 2.75) is 38.9 Å². The van der Waals surface area contributed by atoms with Gasteiger partial charge in [-0.3, -0.25) is 0 Å². The van der Waals surface area contributed by atoms with Gasteiger partial charge < -0.3 is 5.32 Å². The molecule has 0 saturated carbocycles. The van der Waals surface area contributed by atoms with E-state index in [4.69, 9.17) is 11.6 Å². The van der Waals surface area contributed by atoms with Crippen LogP contribution in [0, 0.1) is 0 Å². The van der Waals surface area contributed by atoms with Gasteiger partial charge in [-0.25, -0.2) is 9.97 Å². The second-order valence-corrected chi connectivity index (χ2v) is 7.02. The van der Waals surface area contributed by atoms with Crippen LogP contribution in [-0.4, -0.2) is 27.0 Å². The average Bonchev–Trinajstić information content (AvgIpc) is 2.25. The summed E-state index contributed by atoms with van der Waals surface area (Å²) in [7, 11) is 0. The van der Waals surface area contributed by atoms with Crippen LogP contribution < -0.4 is 5.32 Å². The molecular weight excluding hydrogens is 254 g/mol. The first-order valence-electron chi connectivity index (χ1n) is 5.81. The summed E-state index contributed by atoms with van der Waals surface area (Å²) in [5.41, 5.74) is 0.896. The van der Waals surface area contributed by atoms with Gasteiger partial charge in [0.05, 0.1) is 5.69 Å². The molecule has 96 valence electrons. The SMILES string of the molecule is CCc1ncnc(NCCSC(C)(C)C)c1Cl. The van der Waals surface area contributed by atoms with Gasteiger partial charge in [0, 0.05) is 17.0 Å². The van der Waals surface area contributed by atoms with Gasteiger partial charge in [0.15, 0.2) is 0 Å². The number of hydrogen-bond donors (Lipinski definition) is 1. The number of halogens is 1. The molecular formula is C12H20ClN3S. The number of aryl methyl sites for hydroxylation is 1. The minimum Gasteiger partial charge on any atom is -0.368 e. The van der Waals surface area contributed by atoms with Crippen LogP contribution in [0.1, 0.15) is 33.4 Å². The Bertz CT molecular complexity index is 363. The Morgan fingerprint density at radius 2 is 2.06 bits per heavy atom. The Labute approximate surface area is 113 Å². The van der Waals surface area contributed by atoms with Gasteiger partial charge in [-0.1, -0.05) is 39.3 Å². The Morgan fingerprint density at radius 3 is 2.65 bits per heavy atom. The fourth-order valence-corrected chi connectivity index (χ4v) is 2.42. The molecule has 1 aromatic rings. The Balaban J connectivity index is 2.47. The van der Waals surface area contributed by atoms with E-state index in [2.05, 4.69) is 36.1 Å². The van der Waals surface area contributed by atoms with Gasteiger partial charge in [0.25, 0.3) is 0 Å². The van der Waals surface area contributed by atoms with E-state index in [9.17, 15) is 0 Å². The highest BCUT2D eigenvalue weighted by atomic mass is 35.5. The number of thioether (sulfide) groups is 1. The van der Waals surface area contributed by atoms with Crippen molar-refractivity contribution in [3.63, 3.8) is 0 Å². The highest BCUT2D eigenvalue weighted by molar-refractivity contribution is 8.00. The molecule has 17 heavy (non-hydrogen) atoms. The van der Waals surface area contributed by atoms with E-state index in [1.165, 1.54) is 0 Å². The number of rotatable bonds is 5. The minimum absolute atomic E-state index is 0.297. The third-order valence-corrected chi connectivity index (χ3v) is 3.80. The van der Waals surface area contributed by atoms with Gasteiger partial charge in [-0.05, 0) is 6.42 Å². The first-order valence-corrected chi connectivity index (χ1v) is 7.17. The van der Waals surface area contributed by atoms with Gasteiger partial charge in [-0.15, -0.1) is 0 Å². The van der Waals surface area contributed by atoms with Crippen molar-refractivity contribution in [1.29, 1.82) is 0 Å². The van der Waals surface area contributed by atoms with Gasteiger partial charge in [-0.2, -0.15) is 11.8 Å². The summed E-state index contributed by atoms with van der Waals surface area (Å²) in [6, 6.07) is 0. The highest BCUT2D eigenvalue weighted by Crippen LogP contribution is 2.24. The highest BCUT2D eigenvalue weighted by Gasteiger charge is 2.10. The lowest BCUT2D eigenvalue weighted by Crippen LogP contribution is -2.14. The molecule has 0 unspecified atom stereocenters. The third kappa shape index (κ3) is 5.13. The van der Waals surface area contributed by atoms with Crippen LogP contribution in [0.4, 0.5) is 5.82 Å². The van der Waals surface area contributed by atoms with Crippen molar-refractivity contribution < 1.29 is 0 Å². The molecule has 1 N–H and O–H groups in total. The van der Waals surface area contributed by atoms with E-state index in [0.717, 1.165) is 30.2 Å². The molecule has 0 radical (unpaired) electrons. The molecule has 0 bridgehead atoms. The van der Waals surface area contributed by atoms with E-state index in [1.54, 1.807) is 6.33 Å². The topological polar surface area (TPSA) is 37.8 Å². The Morgan fingerprint density at radius 1 is 1.35 bits per heavy atom. The van der Waals surface area contributed by atoms with Gasteiger partial charge in [0.2, 0.25) is 0 Å². The summed E-state index contributed by atoms with van der Waals surface area (Å²) in [4.78, 5) is 8.29. The van der Waals surface area contributed by atoms with Crippen LogP contribution in [-0.2, 0) is 6.42 Å². The summed E-state index contributed by atoms with van der Waals surface area (Å²) in [6.07, 6.45) is 2.39. The van der Waals surface area contributed by atoms with Crippen LogP contribution >= 0.6 is 23.4 Å². The predicted molar refractivity (Wildman–Crippen MR) is 77.1 cm³/mol. The van der Waals surface area contributed by atoms with Crippen LogP contribution in [0.3, 0.4) is 0 Å². The molecule has 0 fully saturated rings. The standard InChI is InChI=1S/C12H20ClN3S/c1-5-9-10(13)11(16-8-15-9)14-6-7-17-12(2,3)4/h8H,5-7H2,1-4H3,(H,14,15,16). The maximum Gasteiger partial charge on any atom is 0.148 e. The van der Waals surface area contributed by atoms with Crippen LogP contribution in [0.15, 0.2) is 6.33 Å². The quantitative estimate of drug-likeness (QED) is 0.832. The molecule has 0 spiro atoms. The van der Waals surface area contributed by atoms with Crippen molar-refractivity contribution in [3.05, 3.63) is 17.0 Å². The second-order valence-electron chi connectivity index (χ2n) is 4.72. The van der Waals surface area contributed by atoms with E-state index in [0.29, 0.717) is 9.77 Å². The fourth-order valence-electron chi connectivity index (χ4n) is 1.30. The maximum atomic E-state index is 6.18. The average molecular weight is 274 g/mol. The van der Waals surface area contributed by atoms with Crippen LogP contribution in [0.2, 0.25) is 5.02 Å². The summed E-state index contributed by atoms with van der Waals surface area (Å²) in [5, 5.41) is 3.91. The number of aromatic nitrogens is 2. The van der Waals surface area contributed by atoms with E-state index < -0.39 is 0 Å². The van der Waals surface area contributed by atoms with Gasteiger partial charge >= 0.3 is 0 Å². The molecule has 0 aliphatic heterocycles. The number of hydrogen-bond acceptors (Lipinski definition) is 4. The maximum absolute atomic E-state index is 6.18. The molecule has 0 saturated heterocycles. The minimum atomic E-state index is 0.297. The van der Waals surface area contributed by atoms with Crippen molar-refractivity contribution in [2.24, 2.45) is 0 Å². The van der Waals surface area contributed by atoms with Crippen LogP contribution in [0.25, 0.3) is 0 Å². The van der Waals surface area contributed by atoms with Crippen molar-refractivity contribution in [1.82, 2.24) is 9.97 Å². The largest absolute Gasteiger partial charge is 0.368 e. The summed E-state index contributed by atoms with van der Waals surface area (Å²) >= 11 is 8.10. The Kier molecular flexibility index (Phi) is 5.53. The monoisotopic (exact) mass is 273 g/mol. The lowest BCUT2D eigenvalue weighted by molar-refractivity contribution is 0.802. The lowest BCUT2D eigenvalue weighted by atomic mass is 10.3. The smallest absolute Gasteiger partial charge is 0.148 e. The molecule has 0 amide bonds. The van der Waals surface area contributed by atoms with Gasteiger partial charge in [0.1, 0.15) is 17.2 Å². The molecule has 1 rings (SSSR count). The fraction of sp³-hybridized carbons (Fsp3) is 0.667. The number of nitrogens with one attached hydrogen (secondary N) is 1. The zero-order valence-corrected chi connectivity index (χ0v) is 12.5. The first kappa shape index (κ1) is 14.6. The van der Waals surface area contributed by atoms with E-state index >= 15 is 0 Å². The molecule has 0 aromatic carbocycles. The second kappa shape index (κ2) is 6.45. The third-order valence-electron chi connectivity index (χ3n) is 2.13. The molecule has 0 aliphatic carbocycles. The molecule has 1 aromatic heterocycles. The van der Waals surface area contributed by atoms with Crippen molar-refractivity contribution in [3.8, 4) is 0 Å². The molecule has 0 atom stereocenters. The predicted octanol–water partition coefficient (Wildman–Crippen LogP) is 3.64. The van der Waals surface area contributed by atoms with Crippen molar-refractivity contribution >= 4 is 29.2 Å². The normalized spacial score (nSPS) is 11.6. The summed E-state index contributed by atoms with van der Waals surface area (Å²) in [5.74, 6) is 1.78. The summed E-state index contributed by atoms with van der Waals surface area (Å²) < 4.78 is 0.297.